The molecule has 2 N–H and O–H groups in total. The minimum Gasteiger partial charge on any atom is -0.492 e. The number of amides is 1. The molecule has 1 aromatic rings. The average molecular weight is 358 g/mol. The second-order valence-electron chi connectivity index (χ2n) is 6.51. The molecule has 1 amide bonds. The van der Waals surface area contributed by atoms with E-state index in [0.717, 1.165) is 38.1 Å². The molecule has 1 heterocycles. The predicted octanol–water partition coefficient (Wildman–Crippen LogP) is 3.23. The van der Waals surface area contributed by atoms with Crippen LogP contribution in [0, 0.1) is 11.8 Å². The summed E-state index contributed by atoms with van der Waals surface area (Å²) in [6.45, 7) is 4.48. The van der Waals surface area contributed by atoms with E-state index >= 15 is 0 Å². The number of alkyl halides is 3. The maximum absolute atomic E-state index is 12.6. The van der Waals surface area contributed by atoms with Crippen LogP contribution in [0.15, 0.2) is 24.3 Å². The lowest BCUT2D eigenvalue weighted by Gasteiger charge is -2.28. The highest BCUT2D eigenvalue weighted by atomic mass is 19.4. The Bertz CT molecular complexity index is 557. The lowest BCUT2D eigenvalue weighted by molar-refractivity contribution is -0.137. The monoisotopic (exact) mass is 358 g/mol. The Morgan fingerprint density at radius 1 is 1.44 bits per heavy atom. The van der Waals surface area contributed by atoms with Crippen LogP contribution in [0.5, 0.6) is 5.75 Å². The van der Waals surface area contributed by atoms with Crippen LogP contribution < -0.4 is 15.4 Å². The van der Waals surface area contributed by atoms with E-state index in [1.165, 1.54) is 12.1 Å². The van der Waals surface area contributed by atoms with Crippen LogP contribution in [-0.4, -0.2) is 32.1 Å². The molecule has 7 heteroatoms. The Hall–Kier alpha value is -1.76. The summed E-state index contributed by atoms with van der Waals surface area (Å²) in [6, 6.07) is 4.72. The summed E-state index contributed by atoms with van der Waals surface area (Å²) in [7, 11) is 0. The molecule has 0 radical (unpaired) electrons. The molecule has 140 valence electrons. The summed E-state index contributed by atoms with van der Waals surface area (Å²) in [5, 5.41) is 6.10. The highest BCUT2D eigenvalue weighted by Crippen LogP contribution is 2.31. The van der Waals surface area contributed by atoms with E-state index in [1.807, 2.05) is 0 Å². The number of ether oxygens (including phenoxy) is 1. The van der Waals surface area contributed by atoms with Crippen LogP contribution in [0.3, 0.4) is 0 Å². The Morgan fingerprint density at radius 3 is 2.92 bits per heavy atom. The molecule has 4 nitrogen and oxygen atoms in total. The van der Waals surface area contributed by atoms with E-state index < -0.39 is 11.7 Å². The minimum atomic E-state index is -4.39. The van der Waals surface area contributed by atoms with Gasteiger partial charge in [-0.1, -0.05) is 13.0 Å². The molecular formula is C18H25F3N2O2. The molecule has 2 rings (SSSR count). The molecule has 1 fully saturated rings. The topological polar surface area (TPSA) is 50.4 Å². The first-order valence-corrected chi connectivity index (χ1v) is 8.63. The van der Waals surface area contributed by atoms with Crippen LogP contribution in [0.4, 0.5) is 13.2 Å². The number of nitrogens with one attached hydrogen (secondary N) is 2. The van der Waals surface area contributed by atoms with Crippen LogP contribution in [0.25, 0.3) is 0 Å². The normalized spacial score (nSPS) is 19.3. The van der Waals surface area contributed by atoms with E-state index in [9.17, 15) is 18.0 Å². The Morgan fingerprint density at radius 2 is 2.24 bits per heavy atom. The van der Waals surface area contributed by atoms with E-state index in [-0.39, 0.29) is 24.8 Å². The summed E-state index contributed by atoms with van der Waals surface area (Å²) in [5.41, 5.74) is -0.746. The molecule has 0 saturated carbocycles. The van der Waals surface area contributed by atoms with Crippen molar-refractivity contribution in [1.29, 1.82) is 0 Å². The molecular weight excluding hydrogens is 333 g/mol. The van der Waals surface area contributed by atoms with Gasteiger partial charge in [-0.15, -0.1) is 0 Å². The predicted molar refractivity (Wildman–Crippen MR) is 89.3 cm³/mol. The highest BCUT2D eigenvalue weighted by molar-refractivity contribution is 5.76. The van der Waals surface area contributed by atoms with E-state index in [4.69, 9.17) is 4.74 Å². The van der Waals surface area contributed by atoms with Gasteiger partial charge in [-0.05, 0) is 56.0 Å². The van der Waals surface area contributed by atoms with Crippen LogP contribution in [0.1, 0.15) is 31.7 Å². The van der Waals surface area contributed by atoms with E-state index in [0.29, 0.717) is 18.3 Å². The Balaban J connectivity index is 1.67. The number of benzene rings is 1. The van der Waals surface area contributed by atoms with Gasteiger partial charge in [-0.25, -0.2) is 0 Å². The number of piperidine rings is 1. The molecule has 25 heavy (non-hydrogen) atoms. The maximum atomic E-state index is 12.6. The second kappa shape index (κ2) is 9.08. The number of carbonyl (C=O) groups is 1. The van der Waals surface area contributed by atoms with Crippen LogP contribution in [-0.2, 0) is 11.0 Å². The first kappa shape index (κ1) is 19.6. The molecule has 0 spiro atoms. The van der Waals surface area contributed by atoms with E-state index in [1.54, 1.807) is 0 Å². The average Bonchev–Trinajstić information content (AvgIpc) is 2.59. The minimum absolute atomic E-state index is 0.0503. The van der Waals surface area contributed by atoms with Gasteiger partial charge in [0.2, 0.25) is 5.91 Å². The first-order valence-electron chi connectivity index (χ1n) is 8.63. The smallest absolute Gasteiger partial charge is 0.416 e. The van der Waals surface area contributed by atoms with Crippen molar-refractivity contribution in [2.24, 2.45) is 11.8 Å². The summed E-state index contributed by atoms with van der Waals surface area (Å²) in [4.78, 5) is 12.0. The maximum Gasteiger partial charge on any atom is 0.416 e. The molecule has 1 aromatic carbocycles. The van der Waals surface area contributed by atoms with Gasteiger partial charge in [0, 0.05) is 6.42 Å². The zero-order chi connectivity index (χ0) is 18.3. The van der Waals surface area contributed by atoms with Gasteiger partial charge >= 0.3 is 6.18 Å². The van der Waals surface area contributed by atoms with Crippen molar-refractivity contribution in [2.45, 2.75) is 32.4 Å². The van der Waals surface area contributed by atoms with Gasteiger partial charge in [0.1, 0.15) is 12.4 Å². The summed E-state index contributed by atoms with van der Waals surface area (Å²) in [6.07, 6.45) is -1.66. The van der Waals surface area contributed by atoms with Gasteiger partial charge in [-0.2, -0.15) is 13.2 Å². The number of halogens is 3. The van der Waals surface area contributed by atoms with Crippen molar-refractivity contribution >= 4 is 5.91 Å². The fourth-order valence-corrected chi connectivity index (χ4v) is 3.02. The van der Waals surface area contributed by atoms with Gasteiger partial charge in [-0.3, -0.25) is 4.79 Å². The van der Waals surface area contributed by atoms with Gasteiger partial charge in [0.15, 0.2) is 0 Å². The second-order valence-corrected chi connectivity index (χ2v) is 6.51. The lowest BCUT2D eigenvalue weighted by atomic mass is 9.85. The van der Waals surface area contributed by atoms with Crippen molar-refractivity contribution in [1.82, 2.24) is 10.6 Å². The van der Waals surface area contributed by atoms with Crippen LogP contribution >= 0.6 is 0 Å². The molecule has 1 saturated heterocycles. The Kier molecular flexibility index (Phi) is 7.11. The molecule has 0 bridgehead atoms. The summed E-state index contributed by atoms with van der Waals surface area (Å²) < 4.78 is 43.1. The quantitative estimate of drug-likeness (QED) is 0.736. The fraction of sp³-hybridized carbons (Fsp3) is 0.611. The SMILES string of the molecule is CC(CC(=O)NCCOc1cccc(C(F)(F)F)c1)C1CCCNC1. The van der Waals surface area contributed by atoms with Crippen molar-refractivity contribution in [3.8, 4) is 5.75 Å². The van der Waals surface area contributed by atoms with Crippen molar-refractivity contribution < 1.29 is 22.7 Å². The van der Waals surface area contributed by atoms with E-state index in [2.05, 4.69) is 17.6 Å². The number of carbonyl (C=O) groups excluding carboxylic acids is 1. The van der Waals surface area contributed by atoms with Crippen molar-refractivity contribution in [2.75, 3.05) is 26.2 Å². The Labute approximate surface area is 146 Å². The largest absolute Gasteiger partial charge is 0.492 e. The summed E-state index contributed by atoms with van der Waals surface area (Å²) >= 11 is 0. The molecule has 2 unspecified atom stereocenters. The van der Waals surface area contributed by atoms with Crippen LogP contribution in [0.2, 0.25) is 0 Å². The molecule has 2 atom stereocenters. The third-order valence-electron chi connectivity index (χ3n) is 4.50. The van der Waals surface area contributed by atoms with Gasteiger partial charge in [0.05, 0.1) is 12.1 Å². The number of hydrogen-bond acceptors (Lipinski definition) is 3. The zero-order valence-electron chi connectivity index (χ0n) is 14.4. The molecule has 1 aliphatic heterocycles. The lowest BCUT2D eigenvalue weighted by Crippen LogP contribution is -2.36. The molecule has 0 aliphatic carbocycles. The highest BCUT2D eigenvalue weighted by Gasteiger charge is 2.30. The fourth-order valence-electron chi connectivity index (χ4n) is 3.02. The standard InChI is InChI=1S/C18H25F3N2O2/c1-13(14-4-3-7-22-12-14)10-17(24)23-8-9-25-16-6-2-5-15(11-16)18(19,20)21/h2,5-6,11,13-14,22H,3-4,7-10,12H2,1H3,(H,23,24). The van der Waals surface area contributed by atoms with Gasteiger partial charge < -0.3 is 15.4 Å². The first-order chi connectivity index (χ1) is 11.9. The van der Waals surface area contributed by atoms with Gasteiger partial charge in [0.25, 0.3) is 0 Å². The third-order valence-corrected chi connectivity index (χ3v) is 4.50. The van der Waals surface area contributed by atoms with Crippen molar-refractivity contribution in [3.05, 3.63) is 29.8 Å². The third kappa shape index (κ3) is 6.57. The zero-order valence-corrected chi connectivity index (χ0v) is 14.4. The number of hydrogen-bond donors (Lipinski definition) is 2. The van der Waals surface area contributed by atoms with Crippen molar-refractivity contribution in [3.63, 3.8) is 0 Å². The summed E-state index contributed by atoms with van der Waals surface area (Å²) in [5.74, 6) is 0.912. The number of rotatable bonds is 7. The molecule has 0 aromatic heterocycles. The molecule has 1 aliphatic rings.